The summed E-state index contributed by atoms with van der Waals surface area (Å²) in [6, 6.07) is 0. The summed E-state index contributed by atoms with van der Waals surface area (Å²) in [4.78, 5) is 35.6. The van der Waals surface area contributed by atoms with Gasteiger partial charge in [-0.3, -0.25) is 8.98 Å². The van der Waals surface area contributed by atoms with Crippen LogP contribution in [0.1, 0.15) is 73.1 Å². The Bertz CT molecular complexity index is 775. The first-order valence-electron chi connectivity index (χ1n) is 11.6. The minimum absolute atomic E-state index is 0.153. The van der Waals surface area contributed by atoms with Crippen LogP contribution in [0.3, 0.4) is 0 Å². The van der Waals surface area contributed by atoms with Crippen LogP contribution in [0.4, 0.5) is 4.79 Å². The van der Waals surface area contributed by atoms with Gasteiger partial charge in [-0.15, -0.1) is 0 Å². The van der Waals surface area contributed by atoms with Crippen LogP contribution in [-0.4, -0.2) is 69.0 Å². The summed E-state index contributed by atoms with van der Waals surface area (Å²) in [6.45, 7) is 7.25. The second-order valence-electron chi connectivity index (χ2n) is 9.49. The van der Waals surface area contributed by atoms with E-state index in [4.69, 9.17) is 18.4 Å². The van der Waals surface area contributed by atoms with Gasteiger partial charge in [0.05, 0.1) is 18.5 Å². The molecular formula is C22H39NO10S. The molecule has 0 radical (unpaired) electrons. The molecule has 1 aliphatic carbocycles. The molecule has 2 N–H and O–H groups in total. The minimum Gasteiger partial charge on any atom is -0.431 e. The number of aliphatic hydroxyl groups is 1. The van der Waals surface area contributed by atoms with Gasteiger partial charge in [-0.05, 0) is 33.1 Å². The molecule has 1 unspecified atom stereocenters. The smallest absolute Gasteiger partial charge is 0.431 e. The molecular weight excluding hydrogens is 470 g/mol. The Morgan fingerprint density at radius 2 is 1.68 bits per heavy atom. The second kappa shape index (κ2) is 13.8. The standard InChI is InChI=1S/C22H39NO10S/c1-15(2)31-21(27)33-20(17-10-7-6-8-11-17)32-19(26)18(25)22(4,5)14-30-34(28,29)13-9-12-23-16(3)24/h15,17-18,20,25H,6-14H2,1-5H3,(H,23,24)/t18-,20?/m0/s1. The van der Waals surface area contributed by atoms with Crippen molar-refractivity contribution in [1.82, 2.24) is 5.32 Å². The van der Waals surface area contributed by atoms with E-state index < -0.39 is 52.8 Å². The fourth-order valence-electron chi connectivity index (χ4n) is 3.33. The van der Waals surface area contributed by atoms with Crippen molar-refractivity contribution in [3.63, 3.8) is 0 Å². The van der Waals surface area contributed by atoms with E-state index in [1.54, 1.807) is 13.8 Å². The van der Waals surface area contributed by atoms with Gasteiger partial charge in [0.15, 0.2) is 6.10 Å². The number of carbonyl (C=O) groups excluding carboxylic acids is 3. The van der Waals surface area contributed by atoms with Crippen LogP contribution < -0.4 is 5.32 Å². The zero-order valence-electron chi connectivity index (χ0n) is 20.7. The van der Waals surface area contributed by atoms with Crippen molar-refractivity contribution in [1.29, 1.82) is 0 Å². The highest BCUT2D eigenvalue weighted by Gasteiger charge is 2.40. The predicted octanol–water partition coefficient (Wildman–Crippen LogP) is 2.26. The highest BCUT2D eigenvalue weighted by molar-refractivity contribution is 7.86. The van der Waals surface area contributed by atoms with E-state index in [9.17, 15) is 27.9 Å². The summed E-state index contributed by atoms with van der Waals surface area (Å²) < 4.78 is 44.8. The van der Waals surface area contributed by atoms with Crippen molar-refractivity contribution in [3.8, 4) is 0 Å². The van der Waals surface area contributed by atoms with Crippen molar-refractivity contribution in [3.05, 3.63) is 0 Å². The molecule has 1 fully saturated rings. The van der Waals surface area contributed by atoms with E-state index in [0.29, 0.717) is 12.8 Å². The van der Waals surface area contributed by atoms with Crippen LogP contribution in [0.2, 0.25) is 0 Å². The number of nitrogens with one attached hydrogen (secondary N) is 1. The van der Waals surface area contributed by atoms with Crippen molar-refractivity contribution >= 4 is 28.1 Å². The largest absolute Gasteiger partial charge is 0.511 e. The summed E-state index contributed by atoms with van der Waals surface area (Å²) >= 11 is 0. The van der Waals surface area contributed by atoms with Gasteiger partial charge >= 0.3 is 12.1 Å². The van der Waals surface area contributed by atoms with E-state index in [1.165, 1.54) is 20.8 Å². The molecule has 1 aliphatic rings. The molecule has 12 heteroatoms. The maximum Gasteiger partial charge on any atom is 0.511 e. The lowest BCUT2D eigenvalue weighted by molar-refractivity contribution is -0.199. The first kappa shape index (κ1) is 30.1. The molecule has 1 rings (SSSR count). The molecule has 0 aromatic carbocycles. The fourth-order valence-corrected chi connectivity index (χ4v) is 4.43. The number of aliphatic hydroxyl groups excluding tert-OH is 1. The molecule has 2 atom stereocenters. The third-order valence-corrected chi connectivity index (χ3v) is 6.60. The van der Waals surface area contributed by atoms with E-state index in [1.807, 2.05) is 0 Å². The Kier molecular flexibility index (Phi) is 12.3. The van der Waals surface area contributed by atoms with Crippen LogP contribution in [-0.2, 0) is 38.1 Å². The van der Waals surface area contributed by atoms with Crippen LogP contribution in [0, 0.1) is 11.3 Å². The summed E-state index contributed by atoms with van der Waals surface area (Å²) in [5.74, 6) is -1.88. The first-order valence-corrected chi connectivity index (χ1v) is 13.2. The van der Waals surface area contributed by atoms with Crippen molar-refractivity contribution in [2.75, 3.05) is 18.9 Å². The number of ether oxygens (including phenoxy) is 3. The fraction of sp³-hybridized carbons (Fsp3) is 0.864. The maximum atomic E-state index is 12.7. The number of hydrogen-bond acceptors (Lipinski definition) is 10. The average Bonchev–Trinajstić information content (AvgIpc) is 2.74. The number of rotatable bonds is 13. The van der Waals surface area contributed by atoms with Crippen LogP contribution in [0.15, 0.2) is 0 Å². The van der Waals surface area contributed by atoms with Gasteiger partial charge in [-0.25, -0.2) is 9.59 Å². The molecule has 1 saturated carbocycles. The van der Waals surface area contributed by atoms with Crippen molar-refractivity contribution in [2.24, 2.45) is 11.3 Å². The molecule has 0 bridgehead atoms. The maximum absolute atomic E-state index is 12.7. The van der Waals surface area contributed by atoms with Crippen molar-refractivity contribution < 1.29 is 46.3 Å². The number of amides is 1. The zero-order valence-corrected chi connectivity index (χ0v) is 21.5. The lowest BCUT2D eigenvalue weighted by atomic mass is 9.87. The molecule has 198 valence electrons. The zero-order chi connectivity index (χ0) is 25.9. The molecule has 0 saturated heterocycles. The van der Waals surface area contributed by atoms with Gasteiger partial charge < -0.3 is 24.6 Å². The monoisotopic (exact) mass is 509 g/mol. The van der Waals surface area contributed by atoms with Crippen LogP contribution in [0.25, 0.3) is 0 Å². The van der Waals surface area contributed by atoms with E-state index in [2.05, 4.69) is 5.32 Å². The SMILES string of the molecule is CC(=O)NCCCS(=O)(=O)OCC(C)(C)[C@@H](O)C(=O)OC(OC(=O)OC(C)C)C1CCCCC1. The summed E-state index contributed by atoms with van der Waals surface area (Å²) in [6.07, 6.45) is -0.0110. The van der Waals surface area contributed by atoms with Gasteiger partial charge in [0.2, 0.25) is 5.91 Å². The molecule has 0 aromatic rings. The summed E-state index contributed by atoms with van der Waals surface area (Å²) in [7, 11) is -3.94. The average molecular weight is 510 g/mol. The molecule has 0 spiro atoms. The molecule has 34 heavy (non-hydrogen) atoms. The third-order valence-electron chi connectivity index (χ3n) is 5.33. The van der Waals surface area contributed by atoms with Gasteiger partial charge in [0.25, 0.3) is 16.4 Å². The van der Waals surface area contributed by atoms with Crippen molar-refractivity contribution in [2.45, 2.75) is 91.6 Å². The Labute approximate surface area is 202 Å². The highest BCUT2D eigenvalue weighted by Crippen LogP contribution is 2.30. The summed E-state index contributed by atoms with van der Waals surface area (Å²) in [5, 5.41) is 13.1. The lowest BCUT2D eigenvalue weighted by Gasteiger charge is -2.32. The Balaban J connectivity index is 2.72. The number of carbonyl (C=O) groups is 3. The van der Waals surface area contributed by atoms with E-state index in [-0.39, 0.29) is 30.5 Å². The molecule has 11 nitrogen and oxygen atoms in total. The first-order chi connectivity index (χ1) is 15.7. The van der Waals surface area contributed by atoms with E-state index in [0.717, 1.165) is 19.3 Å². The predicted molar refractivity (Wildman–Crippen MR) is 122 cm³/mol. The summed E-state index contributed by atoms with van der Waals surface area (Å²) in [5.41, 5.74) is -1.32. The molecule has 0 heterocycles. The third kappa shape index (κ3) is 11.5. The Morgan fingerprint density at radius 1 is 1.06 bits per heavy atom. The lowest BCUT2D eigenvalue weighted by Crippen LogP contribution is -2.44. The number of hydrogen-bond donors (Lipinski definition) is 2. The molecule has 0 aromatic heterocycles. The van der Waals surface area contributed by atoms with Crippen LogP contribution in [0.5, 0.6) is 0 Å². The van der Waals surface area contributed by atoms with E-state index >= 15 is 0 Å². The van der Waals surface area contributed by atoms with Gasteiger partial charge in [0, 0.05) is 24.8 Å². The van der Waals surface area contributed by atoms with Gasteiger partial charge in [-0.1, -0.05) is 33.1 Å². The Morgan fingerprint density at radius 3 is 2.24 bits per heavy atom. The van der Waals surface area contributed by atoms with Gasteiger partial charge in [0.1, 0.15) is 0 Å². The van der Waals surface area contributed by atoms with Gasteiger partial charge in [-0.2, -0.15) is 8.42 Å². The number of esters is 1. The molecule has 1 amide bonds. The minimum atomic E-state index is -3.94. The highest BCUT2D eigenvalue weighted by atomic mass is 32.2. The van der Waals surface area contributed by atoms with Crippen LogP contribution >= 0.6 is 0 Å². The normalized spacial score (nSPS) is 17.0. The quantitative estimate of drug-likeness (QED) is 0.163. The molecule has 0 aliphatic heterocycles. The second-order valence-corrected chi connectivity index (χ2v) is 11.2. The topological polar surface area (TPSA) is 155 Å². The Hall–Kier alpha value is -1.92.